The van der Waals surface area contributed by atoms with Gasteiger partial charge in [-0.3, -0.25) is 9.59 Å². The van der Waals surface area contributed by atoms with Gasteiger partial charge in [-0.25, -0.2) is 9.07 Å². The quantitative estimate of drug-likeness (QED) is 0.825. The molecule has 0 saturated carbocycles. The number of aliphatic carboxylic acids is 1. The fourth-order valence-electron chi connectivity index (χ4n) is 3.18. The normalized spacial score (nSPS) is 20.1. The number of nitrogens with zero attached hydrogens (tertiary/aromatic N) is 3. The Hall–Kier alpha value is -2.91. The summed E-state index contributed by atoms with van der Waals surface area (Å²) in [6, 6.07) is 4.20. The van der Waals surface area contributed by atoms with E-state index in [4.69, 9.17) is 5.11 Å². The minimum atomic E-state index is -4.90. The maximum absolute atomic E-state index is 13.6. The fraction of sp³-hybridized carbons (Fsp3) is 0.353. The van der Waals surface area contributed by atoms with Gasteiger partial charge in [0.05, 0.1) is 23.4 Å². The molecule has 1 aliphatic rings. The first-order valence-corrected chi connectivity index (χ1v) is 8.03. The molecule has 2 aromatic rings. The molecule has 3 rings (SSSR count). The van der Waals surface area contributed by atoms with E-state index in [1.807, 2.05) is 0 Å². The topological polar surface area (TPSA) is 75.4 Å². The molecule has 2 heterocycles. The molecule has 1 fully saturated rings. The van der Waals surface area contributed by atoms with Gasteiger partial charge in [-0.1, -0.05) is 6.92 Å². The zero-order valence-corrected chi connectivity index (χ0v) is 14.1. The summed E-state index contributed by atoms with van der Waals surface area (Å²) >= 11 is 0. The molecule has 0 aliphatic carbocycles. The van der Waals surface area contributed by atoms with Crippen molar-refractivity contribution < 1.29 is 32.3 Å². The predicted molar refractivity (Wildman–Crippen MR) is 84.7 cm³/mol. The van der Waals surface area contributed by atoms with Crippen LogP contribution in [0.25, 0.3) is 5.69 Å². The molecule has 0 bridgehead atoms. The Morgan fingerprint density at radius 3 is 2.33 bits per heavy atom. The Morgan fingerprint density at radius 2 is 1.81 bits per heavy atom. The van der Waals surface area contributed by atoms with E-state index in [2.05, 4.69) is 5.10 Å². The number of rotatable bonds is 3. The smallest absolute Gasteiger partial charge is 0.434 e. The van der Waals surface area contributed by atoms with Crippen molar-refractivity contribution in [2.75, 3.05) is 13.1 Å². The first-order chi connectivity index (χ1) is 12.6. The van der Waals surface area contributed by atoms with E-state index < -0.39 is 41.0 Å². The van der Waals surface area contributed by atoms with Gasteiger partial charge in [-0.05, 0) is 30.2 Å². The van der Waals surface area contributed by atoms with Crippen LogP contribution in [0.2, 0.25) is 0 Å². The lowest BCUT2D eigenvalue weighted by molar-refractivity contribution is -0.144. The maximum atomic E-state index is 13.6. The third kappa shape index (κ3) is 3.51. The van der Waals surface area contributed by atoms with Gasteiger partial charge < -0.3 is 10.0 Å². The van der Waals surface area contributed by atoms with E-state index in [-0.39, 0.29) is 24.7 Å². The molecule has 2 atom stereocenters. The first kappa shape index (κ1) is 18.9. The Morgan fingerprint density at radius 1 is 1.19 bits per heavy atom. The highest BCUT2D eigenvalue weighted by molar-refractivity contribution is 5.96. The molecule has 27 heavy (non-hydrogen) atoms. The van der Waals surface area contributed by atoms with Gasteiger partial charge in [0.15, 0.2) is 5.69 Å². The highest BCUT2D eigenvalue weighted by Crippen LogP contribution is 2.35. The van der Waals surface area contributed by atoms with Crippen LogP contribution >= 0.6 is 0 Å². The number of amides is 1. The molecule has 1 N–H and O–H groups in total. The second-order valence-electron chi connectivity index (χ2n) is 6.42. The van der Waals surface area contributed by atoms with Crippen LogP contribution in [0.4, 0.5) is 17.6 Å². The fourth-order valence-corrected chi connectivity index (χ4v) is 3.18. The van der Waals surface area contributed by atoms with E-state index in [1.54, 1.807) is 6.92 Å². The van der Waals surface area contributed by atoms with Crippen LogP contribution in [0, 0.1) is 17.7 Å². The number of alkyl halides is 3. The maximum Gasteiger partial charge on any atom is 0.434 e. The van der Waals surface area contributed by atoms with Crippen molar-refractivity contribution in [3.63, 3.8) is 0 Å². The first-order valence-electron chi connectivity index (χ1n) is 8.03. The third-order valence-electron chi connectivity index (χ3n) is 4.56. The van der Waals surface area contributed by atoms with Gasteiger partial charge >= 0.3 is 12.1 Å². The molecule has 1 saturated heterocycles. The summed E-state index contributed by atoms with van der Waals surface area (Å²) in [5, 5.41) is 12.8. The Kier molecular flexibility index (Phi) is 4.66. The number of likely N-dealkylation sites (tertiary alicyclic amines) is 1. The van der Waals surface area contributed by atoms with Gasteiger partial charge in [-0.2, -0.15) is 18.3 Å². The summed E-state index contributed by atoms with van der Waals surface area (Å²) in [5.74, 6) is -3.88. The van der Waals surface area contributed by atoms with E-state index >= 15 is 0 Å². The average Bonchev–Trinajstić information content (AvgIpc) is 3.18. The van der Waals surface area contributed by atoms with E-state index in [9.17, 15) is 27.2 Å². The summed E-state index contributed by atoms with van der Waals surface area (Å²) in [6.45, 7) is 1.49. The molecule has 0 unspecified atom stereocenters. The number of halogens is 4. The van der Waals surface area contributed by atoms with Crippen molar-refractivity contribution in [1.29, 1.82) is 0 Å². The summed E-state index contributed by atoms with van der Waals surface area (Å²) in [7, 11) is 0. The van der Waals surface area contributed by atoms with Gasteiger partial charge in [0, 0.05) is 13.1 Å². The Balaban J connectivity index is 2.00. The number of aromatic nitrogens is 2. The average molecular weight is 385 g/mol. The van der Waals surface area contributed by atoms with Crippen LogP contribution in [0.15, 0.2) is 30.5 Å². The van der Waals surface area contributed by atoms with Gasteiger partial charge in [0.2, 0.25) is 0 Å². The summed E-state index contributed by atoms with van der Waals surface area (Å²) in [6.07, 6.45) is -4.10. The van der Waals surface area contributed by atoms with Crippen molar-refractivity contribution in [2.24, 2.45) is 11.8 Å². The number of hydrogen-bond acceptors (Lipinski definition) is 3. The molecule has 10 heteroatoms. The highest BCUT2D eigenvalue weighted by atomic mass is 19.4. The van der Waals surface area contributed by atoms with E-state index in [0.717, 1.165) is 35.4 Å². The van der Waals surface area contributed by atoms with Gasteiger partial charge in [0.1, 0.15) is 5.82 Å². The third-order valence-corrected chi connectivity index (χ3v) is 4.56. The highest BCUT2D eigenvalue weighted by Gasteiger charge is 2.44. The lowest BCUT2D eigenvalue weighted by Gasteiger charge is -2.18. The van der Waals surface area contributed by atoms with Crippen LogP contribution in [0.3, 0.4) is 0 Å². The van der Waals surface area contributed by atoms with Crippen LogP contribution < -0.4 is 0 Å². The second kappa shape index (κ2) is 6.67. The largest absolute Gasteiger partial charge is 0.481 e. The molecule has 1 aromatic heterocycles. The minimum Gasteiger partial charge on any atom is -0.481 e. The van der Waals surface area contributed by atoms with Crippen molar-refractivity contribution in [1.82, 2.24) is 14.7 Å². The number of benzene rings is 1. The lowest BCUT2D eigenvalue weighted by Crippen LogP contribution is -2.31. The van der Waals surface area contributed by atoms with Crippen molar-refractivity contribution >= 4 is 11.9 Å². The zero-order chi connectivity index (χ0) is 19.9. The Bertz CT molecular complexity index is 877. The standard InChI is InChI=1S/C17H15F4N3O3/c1-9-7-23(8-13(9)16(26)27)15(25)12-6-22-24(14(12)17(19,20)21)11-4-2-10(18)3-5-11/h2-6,9,13H,7-8H2,1H3,(H,26,27)/t9-,13-/m1/s1. The molecule has 6 nitrogen and oxygen atoms in total. The monoisotopic (exact) mass is 385 g/mol. The molecule has 144 valence electrons. The van der Waals surface area contributed by atoms with Crippen LogP contribution in [-0.2, 0) is 11.0 Å². The van der Waals surface area contributed by atoms with E-state index in [1.165, 1.54) is 0 Å². The van der Waals surface area contributed by atoms with Crippen molar-refractivity contribution in [3.05, 3.63) is 47.5 Å². The molecule has 0 radical (unpaired) electrons. The summed E-state index contributed by atoms with van der Waals surface area (Å²) in [5.41, 5.74) is -2.02. The number of carboxylic acids is 1. The van der Waals surface area contributed by atoms with Crippen molar-refractivity contribution in [3.8, 4) is 5.69 Å². The molecule has 1 aliphatic heterocycles. The number of carbonyl (C=O) groups excluding carboxylic acids is 1. The Labute approximate surface area is 151 Å². The van der Waals surface area contributed by atoms with Gasteiger partial charge in [-0.15, -0.1) is 0 Å². The summed E-state index contributed by atoms with van der Waals surface area (Å²) < 4.78 is 54.5. The number of carbonyl (C=O) groups is 2. The molecular formula is C17H15F4N3O3. The predicted octanol–water partition coefficient (Wildman–Crippen LogP) is 2.82. The van der Waals surface area contributed by atoms with Gasteiger partial charge in [0.25, 0.3) is 5.91 Å². The zero-order valence-electron chi connectivity index (χ0n) is 14.1. The van der Waals surface area contributed by atoms with Crippen molar-refractivity contribution in [2.45, 2.75) is 13.1 Å². The van der Waals surface area contributed by atoms with Crippen LogP contribution in [-0.4, -0.2) is 44.8 Å². The van der Waals surface area contributed by atoms with Crippen LogP contribution in [0.5, 0.6) is 0 Å². The molecule has 1 aromatic carbocycles. The molecular weight excluding hydrogens is 370 g/mol. The SMILES string of the molecule is C[C@@H]1CN(C(=O)c2cnn(-c3ccc(F)cc3)c2C(F)(F)F)C[C@H]1C(=O)O. The number of hydrogen-bond donors (Lipinski definition) is 1. The number of carboxylic acid groups (broad SMARTS) is 1. The minimum absolute atomic E-state index is 0.0365. The second-order valence-corrected chi connectivity index (χ2v) is 6.42. The summed E-state index contributed by atoms with van der Waals surface area (Å²) in [4.78, 5) is 24.9. The lowest BCUT2D eigenvalue weighted by atomic mass is 9.99. The molecule has 1 amide bonds. The van der Waals surface area contributed by atoms with Crippen LogP contribution in [0.1, 0.15) is 23.0 Å². The van der Waals surface area contributed by atoms with E-state index in [0.29, 0.717) is 4.68 Å². The molecule has 0 spiro atoms.